The molecule has 0 atom stereocenters. The van der Waals surface area contributed by atoms with Crippen LogP contribution in [0.25, 0.3) is 22.7 Å². The molecule has 0 amide bonds. The van der Waals surface area contributed by atoms with Crippen molar-refractivity contribution in [2.24, 2.45) is 0 Å². The van der Waals surface area contributed by atoms with E-state index in [-0.39, 0.29) is 5.56 Å². The van der Waals surface area contributed by atoms with Crippen LogP contribution in [0.15, 0.2) is 69.0 Å². The lowest BCUT2D eigenvalue weighted by Crippen LogP contribution is -2.08. The van der Waals surface area contributed by atoms with E-state index in [1.54, 1.807) is 24.3 Å². The minimum Gasteiger partial charge on any atom is -0.441 e. The van der Waals surface area contributed by atoms with Crippen LogP contribution in [0.4, 0.5) is 0 Å². The highest BCUT2D eigenvalue weighted by molar-refractivity contribution is 7.98. The van der Waals surface area contributed by atoms with Gasteiger partial charge in [-0.25, -0.2) is 9.97 Å². The van der Waals surface area contributed by atoms with Gasteiger partial charge in [0, 0.05) is 33.0 Å². The summed E-state index contributed by atoms with van der Waals surface area (Å²) >= 11 is 13.5. The number of aryl methyl sites for hydroxylation is 1. The summed E-state index contributed by atoms with van der Waals surface area (Å²) in [5.74, 6) is 1.72. The van der Waals surface area contributed by atoms with Gasteiger partial charge in [0.05, 0.1) is 11.4 Å². The zero-order valence-electron chi connectivity index (χ0n) is 15.3. The summed E-state index contributed by atoms with van der Waals surface area (Å²) < 4.78 is 5.78. The van der Waals surface area contributed by atoms with Gasteiger partial charge in [-0.3, -0.25) is 4.79 Å². The number of rotatable bonds is 5. The number of benzene rings is 2. The number of thioether (sulfide) groups is 1. The monoisotopic (exact) mass is 443 g/mol. The third-order valence-corrected chi connectivity index (χ3v) is 5.50. The Kier molecular flexibility index (Phi) is 5.76. The fourth-order valence-corrected chi connectivity index (χ4v) is 4.00. The Morgan fingerprint density at radius 1 is 1.00 bits per heavy atom. The first-order valence-electron chi connectivity index (χ1n) is 8.70. The second-order valence-electron chi connectivity index (χ2n) is 6.27. The van der Waals surface area contributed by atoms with Gasteiger partial charge in [-0.2, -0.15) is 0 Å². The summed E-state index contributed by atoms with van der Waals surface area (Å²) in [6.45, 7) is 1.86. The first kappa shape index (κ1) is 19.8. The van der Waals surface area contributed by atoms with Gasteiger partial charge >= 0.3 is 0 Å². The van der Waals surface area contributed by atoms with Crippen LogP contribution in [0, 0.1) is 6.92 Å². The van der Waals surface area contributed by atoms with Crippen molar-refractivity contribution in [1.82, 2.24) is 15.0 Å². The Balaban J connectivity index is 1.56. The maximum absolute atomic E-state index is 12.1. The van der Waals surface area contributed by atoms with E-state index < -0.39 is 0 Å². The highest BCUT2D eigenvalue weighted by Gasteiger charge is 2.13. The average Bonchev–Trinajstić information content (AvgIpc) is 3.07. The van der Waals surface area contributed by atoms with Crippen LogP contribution in [0.5, 0.6) is 0 Å². The number of halogens is 2. The number of hydrogen-bond acceptors (Lipinski definition) is 5. The number of nitrogens with zero attached hydrogens (tertiary/aromatic N) is 2. The Hall–Kier alpha value is -2.54. The summed E-state index contributed by atoms with van der Waals surface area (Å²) in [7, 11) is 0. The van der Waals surface area contributed by atoms with Gasteiger partial charge in [-0.05, 0) is 37.3 Å². The maximum atomic E-state index is 12.1. The van der Waals surface area contributed by atoms with Crippen molar-refractivity contribution in [3.8, 4) is 22.7 Å². The molecule has 2 aromatic heterocycles. The molecule has 0 fully saturated rings. The van der Waals surface area contributed by atoms with Crippen molar-refractivity contribution < 1.29 is 4.42 Å². The summed E-state index contributed by atoms with van der Waals surface area (Å²) in [6.07, 6.45) is 0. The number of H-pyrrole nitrogens is 1. The second-order valence-corrected chi connectivity index (χ2v) is 8.10. The highest BCUT2D eigenvalue weighted by atomic mass is 35.5. The first-order valence-corrected chi connectivity index (χ1v) is 10.4. The lowest BCUT2D eigenvalue weighted by Gasteiger charge is -2.04. The van der Waals surface area contributed by atoms with Gasteiger partial charge in [0.1, 0.15) is 5.76 Å². The molecule has 2 aromatic carbocycles. The molecule has 4 rings (SSSR count). The molecule has 5 nitrogen and oxygen atoms in total. The van der Waals surface area contributed by atoms with Gasteiger partial charge in [-0.1, -0.05) is 53.2 Å². The van der Waals surface area contributed by atoms with Crippen LogP contribution < -0.4 is 5.56 Å². The predicted molar refractivity (Wildman–Crippen MR) is 117 cm³/mol. The average molecular weight is 444 g/mol. The molecular formula is C21H15Cl2N3O2S. The van der Waals surface area contributed by atoms with Gasteiger partial charge < -0.3 is 9.40 Å². The fourth-order valence-electron chi connectivity index (χ4n) is 2.74. The van der Waals surface area contributed by atoms with Crippen molar-refractivity contribution in [2.75, 3.05) is 0 Å². The molecular weight excluding hydrogens is 429 g/mol. The minimum absolute atomic E-state index is 0.228. The van der Waals surface area contributed by atoms with Crippen molar-refractivity contribution >= 4 is 35.0 Å². The second kappa shape index (κ2) is 8.45. The van der Waals surface area contributed by atoms with Gasteiger partial charge in [0.2, 0.25) is 5.89 Å². The maximum Gasteiger partial charge on any atom is 0.252 e. The molecule has 29 heavy (non-hydrogen) atoms. The van der Waals surface area contributed by atoms with E-state index in [4.69, 9.17) is 27.6 Å². The van der Waals surface area contributed by atoms with Crippen molar-refractivity contribution in [1.29, 1.82) is 0 Å². The van der Waals surface area contributed by atoms with Gasteiger partial charge in [0.25, 0.3) is 5.56 Å². The van der Waals surface area contributed by atoms with Crippen LogP contribution in [0.3, 0.4) is 0 Å². The minimum atomic E-state index is -0.228. The Bertz CT molecular complexity index is 1240. The topological polar surface area (TPSA) is 71.8 Å². The number of aromatic amines is 1. The number of oxazole rings is 1. The number of nitrogens with one attached hydrogen (secondary N) is 1. The van der Waals surface area contributed by atoms with E-state index in [1.165, 1.54) is 17.8 Å². The largest absolute Gasteiger partial charge is 0.441 e. The smallest absolute Gasteiger partial charge is 0.252 e. The van der Waals surface area contributed by atoms with Crippen molar-refractivity contribution in [3.63, 3.8) is 0 Å². The predicted octanol–water partition coefficient (Wildman–Crippen LogP) is 6.00. The van der Waals surface area contributed by atoms with Crippen LogP contribution in [-0.4, -0.2) is 15.0 Å². The molecule has 0 aliphatic heterocycles. The summed E-state index contributed by atoms with van der Waals surface area (Å²) in [6, 6.07) is 16.0. The van der Waals surface area contributed by atoms with Crippen molar-refractivity contribution in [3.05, 3.63) is 86.5 Å². The molecule has 0 radical (unpaired) electrons. The third-order valence-electron chi connectivity index (χ3n) is 4.15. The standard InChI is InChI=1S/C21H15Cl2N3O2S/c1-12-18(24-20(28-12)14-5-3-7-16(23)9-14)11-29-21-25-17(10-19(27)26-21)13-4-2-6-15(22)8-13/h2-10H,11H2,1H3,(H,25,26,27). The summed E-state index contributed by atoms with van der Waals surface area (Å²) in [5, 5.41) is 1.71. The van der Waals surface area contributed by atoms with Crippen molar-refractivity contribution in [2.45, 2.75) is 17.8 Å². The molecule has 0 aliphatic carbocycles. The Morgan fingerprint density at radius 2 is 1.69 bits per heavy atom. The zero-order chi connectivity index (χ0) is 20.4. The Labute approximate surface area is 181 Å². The number of hydrogen-bond donors (Lipinski definition) is 1. The lowest BCUT2D eigenvalue weighted by molar-refractivity contribution is 0.540. The summed E-state index contributed by atoms with van der Waals surface area (Å²) in [4.78, 5) is 23.9. The van der Waals surface area contributed by atoms with Crippen LogP contribution in [0.2, 0.25) is 10.0 Å². The molecule has 0 spiro atoms. The molecule has 0 aliphatic rings. The quantitative estimate of drug-likeness (QED) is 0.302. The Morgan fingerprint density at radius 3 is 2.41 bits per heavy atom. The van der Waals surface area contributed by atoms with E-state index in [1.807, 2.05) is 31.2 Å². The summed E-state index contributed by atoms with van der Waals surface area (Å²) in [5.41, 5.74) is 2.71. The molecule has 0 saturated heterocycles. The van der Waals surface area contributed by atoms with Crippen LogP contribution in [-0.2, 0) is 5.75 Å². The van der Waals surface area contributed by atoms with Gasteiger partial charge in [0.15, 0.2) is 5.16 Å². The highest BCUT2D eigenvalue weighted by Crippen LogP contribution is 2.28. The van der Waals surface area contributed by atoms with E-state index in [0.29, 0.717) is 38.3 Å². The fraction of sp³-hybridized carbons (Fsp3) is 0.0952. The van der Waals surface area contributed by atoms with E-state index in [9.17, 15) is 4.79 Å². The normalized spacial score (nSPS) is 11.0. The third kappa shape index (κ3) is 4.72. The SMILES string of the molecule is Cc1oc(-c2cccc(Cl)c2)nc1CSc1nc(-c2cccc(Cl)c2)cc(=O)[nH]1. The molecule has 0 bridgehead atoms. The molecule has 146 valence electrons. The molecule has 1 N–H and O–H groups in total. The van der Waals surface area contributed by atoms with E-state index in [2.05, 4.69) is 15.0 Å². The van der Waals surface area contributed by atoms with E-state index in [0.717, 1.165) is 16.8 Å². The van der Waals surface area contributed by atoms with E-state index >= 15 is 0 Å². The van der Waals surface area contributed by atoms with Crippen LogP contribution in [0.1, 0.15) is 11.5 Å². The molecule has 0 unspecified atom stereocenters. The first-order chi connectivity index (χ1) is 14.0. The lowest BCUT2D eigenvalue weighted by atomic mass is 10.1. The van der Waals surface area contributed by atoms with Gasteiger partial charge in [-0.15, -0.1) is 0 Å². The van der Waals surface area contributed by atoms with Crippen LogP contribution >= 0.6 is 35.0 Å². The number of aromatic nitrogens is 3. The molecule has 8 heteroatoms. The molecule has 2 heterocycles. The zero-order valence-corrected chi connectivity index (χ0v) is 17.6. The molecule has 4 aromatic rings. The molecule has 0 saturated carbocycles.